The van der Waals surface area contributed by atoms with Crippen molar-refractivity contribution < 1.29 is 28.8 Å². The van der Waals surface area contributed by atoms with Crippen LogP contribution in [-0.2, 0) is 16.2 Å². The Morgan fingerprint density at radius 1 is 1.10 bits per heavy atom. The van der Waals surface area contributed by atoms with Crippen molar-refractivity contribution >= 4 is 58.0 Å². The number of rotatable bonds is 10. The Bertz CT molecular complexity index is 1460. The van der Waals surface area contributed by atoms with Gasteiger partial charge in [-0.2, -0.15) is 0 Å². The van der Waals surface area contributed by atoms with Crippen LogP contribution < -0.4 is 14.8 Å². The molecule has 1 fully saturated rings. The van der Waals surface area contributed by atoms with E-state index in [4.69, 9.17) is 9.47 Å². The summed E-state index contributed by atoms with van der Waals surface area (Å²) in [4.78, 5) is 51.0. The molecule has 0 atom stereocenters. The Morgan fingerprint density at radius 2 is 1.87 bits per heavy atom. The summed E-state index contributed by atoms with van der Waals surface area (Å²) < 4.78 is 11.1. The Balaban J connectivity index is 1.53. The van der Waals surface area contributed by atoms with Gasteiger partial charge < -0.3 is 14.8 Å². The molecule has 0 saturated carbocycles. The fourth-order valence-corrected chi connectivity index (χ4v) is 4.96. The SMILES string of the molecule is COc1cc(/C=C2/SC(=O)N(CC(=O)Nc3cccc(SC)c3)C2=O)c([N+](=O)[O-])cc1OCc1ccccc1. The van der Waals surface area contributed by atoms with Crippen molar-refractivity contribution in [3.05, 3.63) is 92.9 Å². The fraction of sp³-hybridized carbons (Fsp3) is 0.148. The van der Waals surface area contributed by atoms with Crippen molar-refractivity contribution in [2.45, 2.75) is 11.5 Å². The number of carbonyl (C=O) groups excluding carboxylic acids is 3. The number of nitrogens with zero attached hydrogens (tertiary/aromatic N) is 2. The first-order chi connectivity index (χ1) is 18.8. The normalized spacial score (nSPS) is 14.0. The zero-order valence-corrected chi connectivity index (χ0v) is 22.5. The Hall–Kier alpha value is -4.29. The second-order valence-electron chi connectivity index (χ2n) is 8.14. The average molecular weight is 566 g/mol. The molecule has 3 aromatic rings. The highest BCUT2D eigenvalue weighted by molar-refractivity contribution is 8.18. The zero-order chi connectivity index (χ0) is 27.9. The minimum absolute atomic E-state index is 0.0488. The topological polar surface area (TPSA) is 128 Å². The third-order valence-electron chi connectivity index (χ3n) is 5.56. The highest BCUT2D eigenvalue weighted by atomic mass is 32.2. The van der Waals surface area contributed by atoms with Gasteiger partial charge in [-0.3, -0.25) is 29.4 Å². The van der Waals surface area contributed by atoms with Crippen molar-refractivity contribution in [2.24, 2.45) is 0 Å². The maximum absolute atomic E-state index is 13.0. The van der Waals surface area contributed by atoms with Gasteiger partial charge >= 0.3 is 0 Å². The Morgan fingerprint density at radius 3 is 2.56 bits per heavy atom. The number of amides is 3. The van der Waals surface area contributed by atoms with Crippen LogP contribution in [-0.4, -0.2) is 46.8 Å². The lowest BCUT2D eigenvalue weighted by Gasteiger charge is -2.13. The van der Waals surface area contributed by atoms with Crippen LogP contribution in [0.2, 0.25) is 0 Å². The van der Waals surface area contributed by atoms with Crippen LogP contribution >= 0.6 is 23.5 Å². The molecule has 4 rings (SSSR count). The summed E-state index contributed by atoms with van der Waals surface area (Å²) in [5.41, 5.74) is 1.11. The molecule has 3 amide bonds. The van der Waals surface area contributed by atoms with Gasteiger partial charge in [0.1, 0.15) is 13.2 Å². The van der Waals surface area contributed by atoms with E-state index in [0.717, 1.165) is 15.4 Å². The zero-order valence-electron chi connectivity index (χ0n) is 20.9. The molecule has 0 aromatic heterocycles. The Labute approximate surface area is 232 Å². The monoisotopic (exact) mass is 565 g/mol. The number of nitro groups is 1. The van der Waals surface area contributed by atoms with E-state index >= 15 is 0 Å². The second-order valence-corrected chi connectivity index (χ2v) is 10.0. The second kappa shape index (κ2) is 12.5. The smallest absolute Gasteiger partial charge is 0.294 e. The number of thioether (sulfide) groups is 2. The first-order valence-corrected chi connectivity index (χ1v) is 13.6. The lowest BCUT2D eigenvalue weighted by atomic mass is 10.1. The predicted molar refractivity (Wildman–Crippen MR) is 150 cm³/mol. The number of carbonyl (C=O) groups is 3. The quantitative estimate of drug-likeness (QED) is 0.145. The summed E-state index contributed by atoms with van der Waals surface area (Å²) in [6.45, 7) is -0.334. The van der Waals surface area contributed by atoms with Crippen LogP contribution in [0.25, 0.3) is 6.08 Å². The first kappa shape index (κ1) is 27.7. The molecule has 1 saturated heterocycles. The Kier molecular flexibility index (Phi) is 8.89. The summed E-state index contributed by atoms with van der Waals surface area (Å²) in [6, 6.07) is 19.0. The minimum atomic E-state index is -0.726. The van der Waals surface area contributed by atoms with Gasteiger partial charge in [0.05, 0.1) is 28.6 Å². The third-order valence-corrected chi connectivity index (χ3v) is 7.19. The van der Waals surface area contributed by atoms with E-state index in [-0.39, 0.29) is 34.3 Å². The number of hydrogen-bond donors (Lipinski definition) is 1. The lowest BCUT2D eigenvalue weighted by molar-refractivity contribution is -0.385. The van der Waals surface area contributed by atoms with Crippen molar-refractivity contribution in [2.75, 3.05) is 25.2 Å². The highest BCUT2D eigenvalue weighted by Crippen LogP contribution is 2.39. The van der Waals surface area contributed by atoms with Crippen LogP contribution in [0.4, 0.5) is 16.2 Å². The summed E-state index contributed by atoms with van der Waals surface area (Å²) in [5.74, 6) is -0.908. The van der Waals surface area contributed by atoms with E-state index in [1.807, 2.05) is 42.7 Å². The molecular formula is C27H23N3O7S2. The molecular weight excluding hydrogens is 542 g/mol. The van der Waals surface area contributed by atoms with Crippen molar-refractivity contribution in [1.82, 2.24) is 4.90 Å². The summed E-state index contributed by atoms with van der Waals surface area (Å²) in [6.07, 6.45) is 3.14. The fourth-order valence-electron chi connectivity index (χ4n) is 3.67. The maximum atomic E-state index is 13.0. The molecule has 200 valence electrons. The van der Waals surface area contributed by atoms with Crippen molar-refractivity contribution in [1.29, 1.82) is 0 Å². The van der Waals surface area contributed by atoms with Crippen LogP contribution in [0.15, 0.2) is 76.5 Å². The number of methoxy groups -OCH3 is 1. The number of nitro benzene ring substituents is 1. The number of ether oxygens (including phenoxy) is 2. The summed E-state index contributed by atoms with van der Waals surface area (Å²) in [7, 11) is 1.39. The maximum Gasteiger partial charge on any atom is 0.294 e. The molecule has 10 nitrogen and oxygen atoms in total. The van der Waals surface area contributed by atoms with Crippen molar-refractivity contribution in [3.8, 4) is 11.5 Å². The molecule has 12 heteroatoms. The van der Waals surface area contributed by atoms with Gasteiger partial charge in [-0.1, -0.05) is 36.4 Å². The molecule has 0 spiro atoms. The van der Waals surface area contributed by atoms with Crippen LogP contribution in [0.1, 0.15) is 11.1 Å². The average Bonchev–Trinajstić information content (AvgIpc) is 3.19. The molecule has 0 aliphatic carbocycles. The number of imide groups is 1. The molecule has 3 aromatic carbocycles. The lowest BCUT2D eigenvalue weighted by Crippen LogP contribution is -2.36. The standard InChI is InChI=1S/C27H23N3O7S2/c1-36-22-11-18(21(30(34)35)14-23(22)37-16-17-7-4-3-5-8-17)12-24-26(32)29(27(33)39-24)15-25(31)28-19-9-6-10-20(13-19)38-2/h3-14H,15-16H2,1-2H3,(H,28,31)/b24-12+. The van der Waals surface area contributed by atoms with Crippen LogP contribution in [0.5, 0.6) is 11.5 Å². The van der Waals surface area contributed by atoms with Gasteiger partial charge in [-0.15, -0.1) is 11.8 Å². The molecule has 1 N–H and O–H groups in total. The number of nitrogens with one attached hydrogen (secondary N) is 1. The van der Waals surface area contributed by atoms with Gasteiger partial charge in [-0.25, -0.2) is 0 Å². The van der Waals surface area contributed by atoms with Crippen molar-refractivity contribution in [3.63, 3.8) is 0 Å². The summed E-state index contributed by atoms with van der Waals surface area (Å²) in [5, 5.41) is 13.9. The van der Waals surface area contributed by atoms with E-state index in [2.05, 4.69) is 5.32 Å². The van der Waals surface area contributed by atoms with E-state index < -0.39 is 28.5 Å². The van der Waals surface area contributed by atoms with Gasteiger partial charge in [0.25, 0.3) is 16.8 Å². The predicted octanol–water partition coefficient (Wildman–Crippen LogP) is 5.58. The molecule has 0 unspecified atom stereocenters. The van der Waals surface area contributed by atoms with E-state index in [9.17, 15) is 24.5 Å². The molecule has 1 heterocycles. The summed E-state index contributed by atoms with van der Waals surface area (Å²) >= 11 is 2.10. The molecule has 1 aliphatic heterocycles. The van der Waals surface area contributed by atoms with Crippen LogP contribution in [0.3, 0.4) is 0 Å². The van der Waals surface area contributed by atoms with Gasteiger partial charge in [0.2, 0.25) is 5.91 Å². The molecule has 0 radical (unpaired) electrons. The third kappa shape index (κ3) is 6.78. The van der Waals surface area contributed by atoms with E-state index in [0.29, 0.717) is 17.4 Å². The minimum Gasteiger partial charge on any atom is -0.493 e. The van der Waals surface area contributed by atoms with Gasteiger partial charge in [0, 0.05) is 10.6 Å². The largest absolute Gasteiger partial charge is 0.493 e. The number of benzene rings is 3. The first-order valence-electron chi connectivity index (χ1n) is 11.5. The number of anilines is 1. The van der Waals surface area contributed by atoms with E-state index in [1.165, 1.54) is 37.1 Å². The number of hydrogen-bond acceptors (Lipinski definition) is 9. The molecule has 0 bridgehead atoms. The van der Waals surface area contributed by atoms with Gasteiger partial charge in [0.15, 0.2) is 11.5 Å². The van der Waals surface area contributed by atoms with Gasteiger partial charge in [-0.05, 0) is 53.9 Å². The van der Waals surface area contributed by atoms with E-state index in [1.54, 1.807) is 18.2 Å². The van der Waals surface area contributed by atoms with Crippen LogP contribution in [0, 0.1) is 10.1 Å². The highest BCUT2D eigenvalue weighted by Gasteiger charge is 2.37. The molecule has 1 aliphatic rings. The molecule has 39 heavy (non-hydrogen) atoms.